The topological polar surface area (TPSA) is 52.6 Å². The smallest absolute Gasteiger partial charge is 0.422 e. The van der Waals surface area contributed by atoms with E-state index in [1.807, 2.05) is 0 Å². The Bertz CT molecular complexity index is 342. The van der Waals surface area contributed by atoms with Gasteiger partial charge in [0.1, 0.15) is 0 Å². The Labute approximate surface area is 135 Å². The summed E-state index contributed by atoms with van der Waals surface area (Å²) in [7, 11) is 0. The molecular weight excluding hydrogens is 346 g/mol. The summed E-state index contributed by atoms with van der Waals surface area (Å²) >= 11 is 0. The van der Waals surface area contributed by atoms with Gasteiger partial charge in [0, 0.05) is 12.8 Å². The highest BCUT2D eigenvalue weighted by Gasteiger charge is 2.30. The molecular formula is C14H20F6O4. The number of unbranched alkanes of at least 4 members (excludes halogenated alkanes) is 5. The van der Waals surface area contributed by atoms with Crippen LogP contribution in [0.25, 0.3) is 0 Å². The summed E-state index contributed by atoms with van der Waals surface area (Å²) in [6.45, 7) is -3.17. The van der Waals surface area contributed by atoms with Crippen molar-refractivity contribution in [3.63, 3.8) is 0 Å². The van der Waals surface area contributed by atoms with E-state index in [-0.39, 0.29) is 12.8 Å². The number of esters is 2. The summed E-state index contributed by atoms with van der Waals surface area (Å²) in [4.78, 5) is 22.0. The molecule has 0 aliphatic heterocycles. The van der Waals surface area contributed by atoms with Crippen molar-refractivity contribution >= 4 is 11.9 Å². The van der Waals surface area contributed by atoms with Crippen LogP contribution >= 0.6 is 0 Å². The molecule has 4 nitrogen and oxygen atoms in total. The van der Waals surface area contributed by atoms with Gasteiger partial charge in [0.25, 0.3) is 0 Å². The number of hydrogen-bond acceptors (Lipinski definition) is 4. The lowest BCUT2D eigenvalue weighted by Gasteiger charge is -2.08. The van der Waals surface area contributed by atoms with Crippen molar-refractivity contribution in [3.05, 3.63) is 0 Å². The standard InChI is InChI=1S/C14H20F6O4/c15-13(16,17)9-23-11(21)7-5-3-1-2-4-6-8-12(22)24-10-14(18,19)20/h1-10H2. The molecule has 0 bridgehead atoms. The number of carbonyl (C=O) groups excluding carboxylic acids is 2. The molecule has 0 rings (SSSR count). The normalized spacial score (nSPS) is 12.1. The monoisotopic (exact) mass is 366 g/mol. The van der Waals surface area contributed by atoms with E-state index in [0.29, 0.717) is 38.5 Å². The third-order valence-electron chi connectivity index (χ3n) is 2.81. The van der Waals surface area contributed by atoms with E-state index in [1.54, 1.807) is 0 Å². The number of ether oxygens (including phenoxy) is 2. The first-order valence-electron chi connectivity index (χ1n) is 7.44. The molecule has 0 saturated carbocycles. The average Bonchev–Trinajstić information content (AvgIpc) is 2.44. The van der Waals surface area contributed by atoms with Gasteiger partial charge in [-0.15, -0.1) is 0 Å². The Hall–Kier alpha value is -1.48. The van der Waals surface area contributed by atoms with Crippen molar-refractivity contribution in [2.75, 3.05) is 13.2 Å². The van der Waals surface area contributed by atoms with Crippen molar-refractivity contribution in [1.29, 1.82) is 0 Å². The summed E-state index contributed by atoms with van der Waals surface area (Å²) in [5.74, 6) is -1.81. The van der Waals surface area contributed by atoms with Crippen molar-refractivity contribution in [2.45, 2.75) is 63.7 Å². The largest absolute Gasteiger partial charge is 0.456 e. The molecule has 0 spiro atoms. The fourth-order valence-corrected chi connectivity index (χ4v) is 1.71. The molecule has 0 atom stereocenters. The Morgan fingerprint density at radius 1 is 0.583 bits per heavy atom. The lowest BCUT2D eigenvalue weighted by Crippen LogP contribution is -2.20. The third-order valence-corrected chi connectivity index (χ3v) is 2.81. The Morgan fingerprint density at radius 2 is 0.875 bits per heavy atom. The Kier molecular flexibility index (Phi) is 10.5. The van der Waals surface area contributed by atoms with Gasteiger partial charge in [-0.05, 0) is 12.8 Å². The van der Waals surface area contributed by atoms with E-state index in [0.717, 1.165) is 0 Å². The van der Waals surface area contributed by atoms with Gasteiger partial charge in [0.2, 0.25) is 0 Å². The van der Waals surface area contributed by atoms with Crippen molar-refractivity contribution in [3.8, 4) is 0 Å². The van der Waals surface area contributed by atoms with Crippen molar-refractivity contribution in [1.82, 2.24) is 0 Å². The first-order chi connectivity index (χ1) is 11.0. The zero-order chi connectivity index (χ0) is 18.6. The van der Waals surface area contributed by atoms with Crippen molar-refractivity contribution < 1.29 is 45.4 Å². The quantitative estimate of drug-likeness (QED) is 0.310. The molecule has 0 amide bonds. The maximum absolute atomic E-state index is 11.8. The molecule has 0 aliphatic carbocycles. The lowest BCUT2D eigenvalue weighted by atomic mass is 10.1. The number of alkyl halides is 6. The van der Waals surface area contributed by atoms with Crippen LogP contribution < -0.4 is 0 Å². The summed E-state index contributed by atoms with van der Waals surface area (Å²) < 4.78 is 78.7. The molecule has 0 heterocycles. The molecule has 10 heteroatoms. The van der Waals surface area contributed by atoms with Crippen LogP contribution in [0.5, 0.6) is 0 Å². The van der Waals surface area contributed by atoms with Crippen LogP contribution in [0.2, 0.25) is 0 Å². The maximum Gasteiger partial charge on any atom is 0.422 e. The molecule has 0 unspecified atom stereocenters. The van der Waals surface area contributed by atoms with Gasteiger partial charge in [-0.25, -0.2) is 0 Å². The Morgan fingerprint density at radius 3 is 1.17 bits per heavy atom. The zero-order valence-electron chi connectivity index (χ0n) is 13.0. The molecule has 0 saturated heterocycles. The minimum atomic E-state index is -4.53. The van der Waals surface area contributed by atoms with Crippen LogP contribution in [0.3, 0.4) is 0 Å². The van der Waals surface area contributed by atoms with Gasteiger partial charge in [0.15, 0.2) is 13.2 Å². The Balaban J connectivity index is 3.42. The van der Waals surface area contributed by atoms with Crippen molar-refractivity contribution in [2.24, 2.45) is 0 Å². The molecule has 0 aromatic rings. The van der Waals surface area contributed by atoms with E-state index >= 15 is 0 Å². The van der Waals surface area contributed by atoms with Gasteiger partial charge in [-0.1, -0.05) is 25.7 Å². The zero-order valence-corrected chi connectivity index (χ0v) is 13.0. The molecule has 0 aliphatic rings. The highest BCUT2D eigenvalue weighted by Crippen LogP contribution is 2.16. The summed E-state index contributed by atoms with van der Waals surface area (Å²) in [6, 6.07) is 0. The average molecular weight is 366 g/mol. The second-order valence-corrected chi connectivity index (χ2v) is 5.17. The SMILES string of the molecule is O=C(CCCCCCCCC(=O)OCC(F)(F)F)OCC(F)(F)F. The fourth-order valence-electron chi connectivity index (χ4n) is 1.71. The highest BCUT2D eigenvalue weighted by atomic mass is 19.4. The second kappa shape index (κ2) is 11.1. The third kappa shape index (κ3) is 16.9. The molecule has 142 valence electrons. The molecule has 0 aromatic carbocycles. The second-order valence-electron chi connectivity index (χ2n) is 5.17. The van der Waals surface area contributed by atoms with Crippen LogP contribution in [-0.4, -0.2) is 37.5 Å². The minimum Gasteiger partial charge on any atom is -0.456 e. The number of halogens is 6. The van der Waals surface area contributed by atoms with Gasteiger partial charge < -0.3 is 9.47 Å². The lowest BCUT2D eigenvalue weighted by molar-refractivity contribution is -0.186. The highest BCUT2D eigenvalue weighted by molar-refractivity contribution is 5.69. The van der Waals surface area contributed by atoms with Gasteiger partial charge >= 0.3 is 24.3 Å². The first-order valence-corrected chi connectivity index (χ1v) is 7.44. The van der Waals surface area contributed by atoms with Crippen LogP contribution in [0.1, 0.15) is 51.4 Å². The van der Waals surface area contributed by atoms with E-state index in [2.05, 4.69) is 9.47 Å². The molecule has 0 N–H and O–H groups in total. The molecule has 0 fully saturated rings. The number of carbonyl (C=O) groups is 2. The van der Waals surface area contributed by atoms with Gasteiger partial charge in [-0.2, -0.15) is 26.3 Å². The predicted octanol–water partition coefficient (Wildman–Crippen LogP) is 4.32. The van der Waals surface area contributed by atoms with Crippen LogP contribution in [0.15, 0.2) is 0 Å². The van der Waals surface area contributed by atoms with E-state index in [9.17, 15) is 35.9 Å². The van der Waals surface area contributed by atoms with Gasteiger partial charge in [-0.3, -0.25) is 9.59 Å². The summed E-state index contributed by atoms with van der Waals surface area (Å²) in [5, 5.41) is 0. The van der Waals surface area contributed by atoms with Gasteiger partial charge in [0.05, 0.1) is 0 Å². The summed E-state index contributed by atoms with van der Waals surface area (Å²) in [5.41, 5.74) is 0. The molecule has 0 aromatic heterocycles. The minimum absolute atomic E-state index is 0.0974. The predicted molar refractivity (Wildman–Crippen MR) is 71.0 cm³/mol. The molecule has 24 heavy (non-hydrogen) atoms. The van der Waals surface area contributed by atoms with Crippen LogP contribution in [-0.2, 0) is 19.1 Å². The fraction of sp³-hybridized carbons (Fsp3) is 0.857. The van der Waals surface area contributed by atoms with Crippen LogP contribution in [0, 0.1) is 0 Å². The first kappa shape index (κ1) is 22.5. The van der Waals surface area contributed by atoms with E-state index in [1.165, 1.54) is 0 Å². The molecule has 0 radical (unpaired) electrons. The van der Waals surface area contributed by atoms with E-state index in [4.69, 9.17) is 0 Å². The van der Waals surface area contributed by atoms with E-state index < -0.39 is 37.5 Å². The maximum atomic E-state index is 11.8. The number of rotatable bonds is 11. The van der Waals surface area contributed by atoms with Crippen LogP contribution in [0.4, 0.5) is 26.3 Å². The summed E-state index contributed by atoms with van der Waals surface area (Å²) in [6.07, 6.45) is -5.85. The number of hydrogen-bond donors (Lipinski definition) is 0.